The van der Waals surface area contributed by atoms with Gasteiger partial charge in [-0.3, -0.25) is 4.79 Å². The number of benzene rings is 1. The van der Waals surface area contributed by atoms with Crippen LogP contribution in [-0.2, 0) is 6.18 Å². The van der Waals surface area contributed by atoms with Crippen molar-refractivity contribution in [3.05, 3.63) is 77.5 Å². The van der Waals surface area contributed by atoms with E-state index in [4.69, 9.17) is 22.1 Å². The maximum atomic E-state index is 14.5. The fraction of sp³-hybridized carbons (Fsp3) is 0.0500. The molecule has 0 aliphatic rings. The number of alkyl halides is 3. The molecule has 3 heterocycles. The van der Waals surface area contributed by atoms with E-state index in [2.05, 4.69) is 25.4 Å². The Bertz CT molecular complexity index is 1360. The van der Waals surface area contributed by atoms with Gasteiger partial charge in [-0.15, -0.1) is 0 Å². The SMILES string of the molecule is Nc1nccc(Oc2ccc(NC(=O)c3cnn(-c4cncnc4)c3C(F)(F)F)cc2F)c1Cl. The number of anilines is 2. The average Bonchev–Trinajstić information content (AvgIpc) is 3.25. The number of nitrogens with zero attached hydrogens (tertiary/aromatic N) is 5. The van der Waals surface area contributed by atoms with E-state index in [-0.39, 0.29) is 33.7 Å². The lowest BCUT2D eigenvalue weighted by atomic mass is 10.2. The number of carbonyl (C=O) groups excluding carboxylic acids is 1. The standard InChI is InChI=1S/C20H12ClF4N7O2/c21-16-15(3-4-29-18(16)26)34-14-2-1-10(5-13(14)22)31-19(33)12-8-30-32(17(12)20(23,24)25)11-6-27-9-28-7-11/h1-9H,(H2,26,29)(H,31,33). The molecule has 0 saturated heterocycles. The zero-order valence-electron chi connectivity index (χ0n) is 16.7. The third kappa shape index (κ3) is 4.59. The second-order valence-corrected chi connectivity index (χ2v) is 7.00. The molecule has 1 amide bonds. The Morgan fingerprint density at radius 2 is 1.85 bits per heavy atom. The topological polar surface area (TPSA) is 121 Å². The number of carbonyl (C=O) groups is 1. The average molecular weight is 494 g/mol. The molecule has 0 radical (unpaired) electrons. The summed E-state index contributed by atoms with van der Waals surface area (Å²) in [5.74, 6) is -2.33. The molecule has 0 fully saturated rings. The fourth-order valence-corrected chi connectivity index (χ4v) is 3.03. The molecular weight excluding hydrogens is 482 g/mol. The molecule has 0 spiro atoms. The summed E-state index contributed by atoms with van der Waals surface area (Å²) in [5, 5.41) is 5.83. The van der Waals surface area contributed by atoms with Gasteiger partial charge in [0.25, 0.3) is 5.91 Å². The molecule has 3 aromatic heterocycles. The van der Waals surface area contributed by atoms with E-state index < -0.39 is 29.2 Å². The molecule has 9 nitrogen and oxygen atoms in total. The van der Waals surface area contributed by atoms with E-state index >= 15 is 0 Å². The van der Waals surface area contributed by atoms with Crippen LogP contribution >= 0.6 is 11.6 Å². The third-order valence-electron chi connectivity index (χ3n) is 4.36. The summed E-state index contributed by atoms with van der Waals surface area (Å²) in [6, 6.07) is 4.63. The molecule has 4 rings (SSSR count). The minimum Gasteiger partial charge on any atom is -0.453 e. The summed E-state index contributed by atoms with van der Waals surface area (Å²) in [5.41, 5.74) is 3.22. The van der Waals surface area contributed by atoms with E-state index in [1.165, 1.54) is 18.3 Å². The van der Waals surface area contributed by atoms with Crippen molar-refractivity contribution in [2.45, 2.75) is 6.18 Å². The minimum absolute atomic E-state index is 0.0217. The number of nitrogens with two attached hydrogens (primary N) is 1. The number of hydrogen-bond donors (Lipinski definition) is 2. The summed E-state index contributed by atoms with van der Waals surface area (Å²) >= 11 is 5.96. The Kier molecular flexibility index (Phi) is 6.03. The molecule has 0 unspecified atom stereocenters. The van der Waals surface area contributed by atoms with Gasteiger partial charge in [0.15, 0.2) is 23.0 Å². The Morgan fingerprint density at radius 3 is 2.53 bits per heavy atom. The smallest absolute Gasteiger partial charge is 0.434 e. The molecule has 4 aromatic rings. The summed E-state index contributed by atoms with van der Waals surface area (Å²) in [7, 11) is 0. The summed E-state index contributed by atoms with van der Waals surface area (Å²) in [6.07, 6.45) is 0.459. The van der Waals surface area contributed by atoms with Crippen LogP contribution in [0.4, 0.5) is 29.1 Å². The number of aromatic nitrogens is 5. The first kappa shape index (κ1) is 22.9. The zero-order chi connectivity index (χ0) is 24.5. The van der Waals surface area contributed by atoms with Crippen LogP contribution in [0.15, 0.2) is 55.4 Å². The molecule has 0 aliphatic heterocycles. The highest BCUT2D eigenvalue weighted by Crippen LogP contribution is 2.35. The van der Waals surface area contributed by atoms with Crippen LogP contribution in [0.3, 0.4) is 0 Å². The lowest BCUT2D eigenvalue weighted by Gasteiger charge is -2.13. The quantitative estimate of drug-likeness (QED) is 0.393. The van der Waals surface area contributed by atoms with Crippen LogP contribution in [0.5, 0.6) is 11.5 Å². The van der Waals surface area contributed by atoms with Crippen molar-refractivity contribution in [1.82, 2.24) is 24.7 Å². The van der Waals surface area contributed by atoms with Gasteiger partial charge in [-0.1, -0.05) is 11.6 Å². The van der Waals surface area contributed by atoms with Crippen molar-refractivity contribution >= 4 is 29.0 Å². The van der Waals surface area contributed by atoms with Crippen molar-refractivity contribution in [3.8, 4) is 17.2 Å². The number of nitrogens with one attached hydrogen (secondary N) is 1. The lowest BCUT2D eigenvalue weighted by molar-refractivity contribution is -0.143. The van der Waals surface area contributed by atoms with E-state index in [0.717, 1.165) is 37.1 Å². The Hall–Kier alpha value is -4.26. The first-order valence-corrected chi connectivity index (χ1v) is 9.62. The Balaban J connectivity index is 1.59. The van der Waals surface area contributed by atoms with Crippen molar-refractivity contribution in [2.75, 3.05) is 11.1 Å². The van der Waals surface area contributed by atoms with Gasteiger partial charge < -0.3 is 15.8 Å². The normalized spacial score (nSPS) is 11.3. The van der Waals surface area contributed by atoms with E-state index in [1.54, 1.807) is 0 Å². The van der Waals surface area contributed by atoms with Crippen LogP contribution in [0.2, 0.25) is 5.02 Å². The molecule has 0 saturated carbocycles. The third-order valence-corrected chi connectivity index (χ3v) is 4.74. The van der Waals surface area contributed by atoms with Gasteiger partial charge in [0, 0.05) is 24.0 Å². The molecule has 14 heteroatoms. The Morgan fingerprint density at radius 1 is 1.12 bits per heavy atom. The number of amides is 1. The predicted octanol–water partition coefficient (Wildman–Crippen LogP) is 4.50. The number of halogens is 5. The summed E-state index contributed by atoms with van der Waals surface area (Å²) in [4.78, 5) is 23.7. The van der Waals surface area contributed by atoms with Crippen LogP contribution < -0.4 is 15.8 Å². The van der Waals surface area contributed by atoms with E-state index in [9.17, 15) is 22.4 Å². The number of hydrogen-bond acceptors (Lipinski definition) is 7. The van der Waals surface area contributed by atoms with Crippen molar-refractivity contribution in [1.29, 1.82) is 0 Å². The second kappa shape index (κ2) is 8.94. The van der Waals surface area contributed by atoms with Crippen LogP contribution in [0.25, 0.3) is 5.69 Å². The highest BCUT2D eigenvalue weighted by Gasteiger charge is 2.40. The maximum Gasteiger partial charge on any atom is 0.434 e. The number of nitrogen functional groups attached to an aromatic ring is 1. The highest BCUT2D eigenvalue weighted by molar-refractivity contribution is 6.34. The van der Waals surface area contributed by atoms with Gasteiger partial charge >= 0.3 is 6.18 Å². The molecule has 3 N–H and O–H groups in total. The minimum atomic E-state index is -4.94. The summed E-state index contributed by atoms with van der Waals surface area (Å²) in [6.45, 7) is 0. The first-order valence-electron chi connectivity index (χ1n) is 9.24. The monoisotopic (exact) mass is 493 g/mol. The van der Waals surface area contributed by atoms with Gasteiger partial charge in [0.2, 0.25) is 0 Å². The first-order chi connectivity index (χ1) is 16.1. The molecule has 1 aromatic carbocycles. The van der Waals surface area contributed by atoms with Gasteiger partial charge in [-0.05, 0) is 12.1 Å². The van der Waals surface area contributed by atoms with Gasteiger partial charge in [0.1, 0.15) is 22.9 Å². The fourth-order valence-electron chi connectivity index (χ4n) is 2.88. The predicted molar refractivity (Wildman–Crippen MR) is 112 cm³/mol. The molecule has 0 atom stereocenters. The number of pyridine rings is 1. The molecular formula is C20H12ClF4N7O2. The maximum absolute atomic E-state index is 14.5. The number of ether oxygens (including phenoxy) is 1. The van der Waals surface area contributed by atoms with Crippen molar-refractivity contribution < 1.29 is 27.1 Å². The van der Waals surface area contributed by atoms with Crippen molar-refractivity contribution in [3.63, 3.8) is 0 Å². The van der Waals surface area contributed by atoms with Gasteiger partial charge in [-0.2, -0.15) is 18.3 Å². The molecule has 0 bridgehead atoms. The largest absolute Gasteiger partial charge is 0.453 e. The number of rotatable bonds is 5. The van der Waals surface area contributed by atoms with Crippen LogP contribution in [-0.4, -0.2) is 30.6 Å². The van der Waals surface area contributed by atoms with Crippen LogP contribution in [0.1, 0.15) is 16.1 Å². The summed E-state index contributed by atoms with van der Waals surface area (Å²) < 4.78 is 61.6. The Labute approximate surface area is 193 Å². The van der Waals surface area contributed by atoms with Gasteiger partial charge in [-0.25, -0.2) is 24.0 Å². The van der Waals surface area contributed by atoms with Gasteiger partial charge in [0.05, 0.1) is 24.2 Å². The second-order valence-electron chi connectivity index (χ2n) is 6.62. The molecule has 0 aliphatic carbocycles. The highest BCUT2D eigenvalue weighted by atomic mass is 35.5. The van der Waals surface area contributed by atoms with Crippen molar-refractivity contribution in [2.24, 2.45) is 0 Å². The molecule has 174 valence electrons. The van der Waals surface area contributed by atoms with E-state index in [0.29, 0.717) is 4.68 Å². The zero-order valence-corrected chi connectivity index (χ0v) is 17.5. The van der Waals surface area contributed by atoms with E-state index in [1.807, 2.05) is 0 Å². The van der Waals surface area contributed by atoms with Crippen LogP contribution in [0, 0.1) is 5.82 Å². The molecule has 34 heavy (non-hydrogen) atoms. The lowest BCUT2D eigenvalue weighted by Crippen LogP contribution is -2.21.